The maximum absolute atomic E-state index is 12.6. The molecule has 7 N–H and O–H groups in total. The Morgan fingerprint density at radius 3 is 2.40 bits per heavy atom. The van der Waals surface area contributed by atoms with E-state index in [0.717, 1.165) is 16.6 Å². The van der Waals surface area contributed by atoms with E-state index in [1.807, 2.05) is 42.5 Å². The summed E-state index contributed by atoms with van der Waals surface area (Å²) in [5.41, 5.74) is 9.63. The summed E-state index contributed by atoms with van der Waals surface area (Å²) in [4.78, 5) is 32.2. The highest BCUT2D eigenvalue weighted by molar-refractivity contribution is 5.95. The summed E-state index contributed by atoms with van der Waals surface area (Å²) in [5, 5.41) is 35.3. The van der Waals surface area contributed by atoms with Gasteiger partial charge < -0.3 is 31.4 Å². The summed E-state index contributed by atoms with van der Waals surface area (Å²) in [7, 11) is 0. The second-order valence-corrected chi connectivity index (χ2v) is 10.8. The number of nitrogens with two attached hydrogens (primary N) is 1. The molecule has 0 bridgehead atoms. The number of phenols is 1. The highest BCUT2D eigenvalue weighted by atomic mass is 16.4. The summed E-state index contributed by atoms with van der Waals surface area (Å²) in [5.74, 6) is -1.22. The second-order valence-electron chi connectivity index (χ2n) is 10.8. The average molecular weight is 565 g/mol. The van der Waals surface area contributed by atoms with E-state index in [-0.39, 0.29) is 18.7 Å². The number of nitrogens with one attached hydrogen (secondary N) is 2. The minimum Gasteiger partial charge on any atom is -0.507 e. The maximum atomic E-state index is 12.6. The number of nitrogens with zero attached hydrogens (tertiary/aromatic N) is 1. The van der Waals surface area contributed by atoms with Crippen LogP contribution in [0.25, 0.3) is 33.3 Å². The van der Waals surface area contributed by atoms with Gasteiger partial charge in [-0.25, -0.2) is 4.98 Å². The van der Waals surface area contributed by atoms with Crippen molar-refractivity contribution in [2.24, 2.45) is 0 Å². The molecule has 0 saturated carbocycles. The van der Waals surface area contributed by atoms with E-state index in [4.69, 9.17) is 5.73 Å². The zero-order valence-electron chi connectivity index (χ0n) is 23.3. The van der Waals surface area contributed by atoms with Gasteiger partial charge in [-0.2, -0.15) is 0 Å². The fourth-order valence-electron chi connectivity index (χ4n) is 4.85. The lowest BCUT2D eigenvalue weighted by molar-refractivity contribution is -0.142. The number of aromatic amines is 1. The number of carboxylic acid groups (broad SMARTS) is 1. The number of H-pyrrole nitrogens is 1. The smallest absolute Gasteiger partial charge is 0.313 e. The van der Waals surface area contributed by atoms with Gasteiger partial charge in [0, 0.05) is 35.7 Å². The molecule has 3 aromatic carbocycles. The fourth-order valence-corrected chi connectivity index (χ4v) is 4.85. The van der Waals surface area contributed by atoms with Crippen LogP contribution in [-0.2, 0) is 28.0 Å². The van der Waals surface area contributed by atoms with Crippen molar-refractivity contribution in [3.8, 4) is 28.1 Å². The molecule has 1 atom stereocenters. The third-order valence-electron chi connectivity index (χ3n) is 7.51. The van der Waals surface area contributed by atoms with E-state index in [1.165, 1.54) is 0 Å². The Morgan fingerprint density at radius 1 is 0.976 bits per heavy atom. The average Bonchev–Trinajstić information content (AvgIpc) is 3.42. The predicted molar refractivity (Wildman–Crippen MR) is 162 cm³/mol. The van der Waals surface area contributed by atoms with Crippen molar-refractivity contribution >= 4 is 28.6 Å². The quantitative estimate of drug-likeness (QED) is 0.150. The van der Waals surface area contributed by atoms with Gasteiger partial charge in [0.1, 0.15) is 17.7 Å². The molecule has 1 amide bonds. The van der Waals surface area contributed by atoms with Gasteiger partial charge in [0.05, 0.1) is 16.6 Å². The largest absolute Gasteiger partial charge is 0.507 e. The molecule has 42 heavy (non-hydrogen) atoms. The SMILES string of the molecule is CC(C)(C(=O)O)c1cc(-c2cccc(CNC(=O)[C@@H](O)Cc3ccccc3)c2)c(O)c(-c2cc3c(N)nccc3[nH]2)c1. The molecule has 9 heteroatoms. The number of aliphatic carboxylic acids is 1. The number of carbonyl (C=O) groups excluding carboxylic acids is 1. The lowest BCUT2D eigenvalue weighted by atomic mass is 9.81. The number of aliphatic hydroxyl groups excluding tert-OH is 1. The van der Waals surface area contributed by atoms with Gasteiger partial charge in [-0.05, 0) is 66.4 Å². The van der Waals surface area contributed by atoms with Gasteiger partial charge in [-0.3, -0.25) is 9.59 Å². The van der Waals surface area contributed by atoms with Crippen LogP contribution in [0.5, 0.6) is 5.75 Å². The number of phenolic OH excluding ortho intramolecular Hbond substituents is 1. The van der Waals surface area contributed by atoms with Crippen molar-refractivity contribution in [1.29, 1.82) is 0 Å². The van der Waals surface area contributed by atoms with Crippen LogP contribution in [0.1, 0.15) is 30.5 Å². The molecule has 0 fully saturated rings. The van der Waals surface area contributed by atoms with Crippen molar-refractivity contribution in [3.05, 3.63) is 102 Å². The number of aromatic hydroxyl groups is 1. The summed E-state index contributed by atoms with van der Waals surface area (Å²) in [6.07, 6.45) is 0.584. The van der Waals surface area contributed by atoms with Crippen LogP contribution in [0.2, 0.25) is 0 Å². The Bertz CT molecular complexity index is 1780. The number of aliphatic hydroxyl groups is 1. The third-order valence-corrected chi connectivity index (χ3v) is 7.51. The molecule has 214 valence electrons. The maximum Gasteiger partial charge on any atom is 0.313 e. The topological polar surface area (TPSA) is 162 Å². The third kappa shape index (κ3) is 5.68. The highest BCUT2D eigenvalue weighted by Crippen LogP contribution is 2.43. The molecule has 0 aliphatic carbocycles. The minimum atomic E-state index is -1.26. The Labute approximate surface area is 242 Å². The Balaban J connectivity index is 1.48. The predicted octanol–water partition coefficient (Wildman–Crippen LogP) is 4.77. The summed E-state index contributed by atoms with van der Waals surface area (Å²) in [6, 6.07) is 23.4. The van der Waals surface area contributed by atoms with Crippen LogP contribution in [0, 0.1) is 0 Å². The summed E-state index contributed by atoms with van der Waals surface area (Å²) < 4.78 is 0. The molecule has 0 aliphatic heterocycles. The first-order valence-electron chi connectivity index (χ1n) is 13.5. The zero-order valence-corrected chi connectivity index (χ0v) is 23.3. The zero-order chi connectivity index (χ0) is 30.0. The van der Waals surface area contributed by atoms with Crippen LogP contribution >= 0.6 is 0 Å². The fraction of sp³-hybridized carbons (Fsp3) is 0.182. The number of rotatable bonds is 9. The Kier molecular flexibility index (Phi) is 7.69. The summed E-state index contributed by atoms with van der Waals surface area (Å²) in [6.45, 7) is 3.37. The van der Waals surface area contributed by atoms with Gasteiger partial charge in [0.25, 0.3) is 0 Å². The number of pyridine rings is 1. The molecule has 0 spiro atoms. The van der Waals surface area contributed by atoms with Gasteiger partial charge >= 0.3 is 5.97 Å². The molecule has 0 aliphatic rings. The molecular formula is C33H32N4O5. The van der Waals surface area contributed by atoms with Crippen molar-refractivity contribution in [1.82, 2.24) is 15.3 Å². The van der Waals surface area contributed by atoms with Crippen molar-refractivity contribution < 1.29 is 24.9 Å². The molecule has 5 rings (SSSR count). The molecular weight excluding hydrogens is 532 g/mol. The molecule has 2 heterocycles. The monoisotopic (exact) mass is 564 g/mol. The van der Waals surface area contributed by atoms with E-state index in [0.29, 0.717) is 39.2 Å². The molecule has 0 unspecified atom stereocenters. The standard InChI is InChI=1S/C33H32N4O5/c1-33(2,32(41)42)22-15-23(29(39)24(16-22)27-17-25-26(37-27)11-12-35-30(25)34)21-10-6-9-20(13-21)18-36-31(40)28(38)14-19-7-4-3-5-8-19/h3-13,15-17,28,37-39H,14,18H2,1-2H3,(H2,34,35)(H,36,40)(H,41,42)/t28-/m0/s1. The van der Waals surface area contributed by atoms with Gasteiger partial charge in [-0.1, -0.05) is 48.5 Å². The van der Waals surface area contributed by atoms with Crippen LogP contribution in [0.15, 0.2) is 85.1 Å². The molecule has 5 aromatic rings. The van der Waals surface area contributed by atoms with Crippen molar-refractivity contribution in [2.45, 2.75) is 38.3 Å². The normalized spacial score (nSPS) is 12.3. The van der Waals surface area contributed by atoms with Gasteiger partial charge in [-0.15, -0.1) is 0 Å². The first-order chi connectivity index (χ1) is 20.0. The molecule has 0 radical (unpaired) electrons. The first-order valence-corrected chi connectivity index (χ1v) is 13.5. The lowest BCUT2D eigenvalue weighted by Crippen LogP contribution is -2.35. The number of hydrogen-bond donors (Lipinski definition) is 6. The number of nitrogen functional groups attached to an aromatic ring is 1. The van der Waals surface area contributed by atoms with Crippen LogP contribution in [0.3, 0.4) is 0 Å². The number of anilines is 1. The van der Waals surface area contributed by atoms with Crippen molar-refractivity contribution in [3.63, 3.8) is 0 Å². The molecule has 2 aromatic heterocycles. The summed E-state index contributed by atoms with van der Waals surface area (Å²) >= 11 is 0. The van der Waals surface area contributed by atoms with Crippen LogP contribution < -0.4 is 11.1 Å². The van der Waals surface area contributed by atoms with Crippen LogP contribution in [-0.4, -0.2) is 43.3 Å². The second kappa shape index (κ2) is 11.4. The van der Waals surface area contributed by atoms with E-state index < -0.39 is 23.4 Å². The van der Waals surface area contributed by atoms with Crippen molar-refractivity contribution in [2.75, 3.05) is 5.73 Å². The highest BCUT2D eigenvalue weighted by Gasteiger charge is 2.32. The Morgan fingerprint density at radius 2 is 1.69 bits per heavy atom. The van der Waals surface area contributed by atoms with Gasteiger partial charge in [0.2, 0.25) is 5.91 Å². The lowest BCUT2D eigenvalue weighted by Gasteiger charge is -2.23. The van der Waals surface area contributed by atoms with E-state index in [9.17, 15) is 24.9 Å². The number of benzene rings is 3. The first kappa shape index (κ1) is 28.4. The number of hydrogen-bond acceptors (Lipinski definition) is 6. The van der Waals surface area contributed by atoms with E-state index in [2.05, 4.69) is 15.3 Å². The number of aromatic nitrogens is 2. The minimum absolute atomic E-state index is 0.0440. The number of fused-ring (bicyclic) bond motifs is 1. The molecule has 0 saturated heterocycles. The Hall–Kier alpha value is -5.15. The van der Waals surface area contributed by atoms with E-state index >= 15 is 0 Å². The van der Waals surface area contributed by atoms with Crippen LogP contribution in [0.4, 0.5) is 5.82 Å². The van der Waals surface area contributed by atoms with Gasteiger partial charge in [0.15, 0.2) is 0 Å². The number of amides is 1. The number of carboxylic acids is 1. The molecule has 9 nitrogen and oxygen atoms in total. The number of carbonyl (C=O) groups is 2. The van der Waals surface area contributed by atoms with E-state index in [1.54, 1.807) is 56.4 Å².